The molecule has 0 amide bonds. The van der Waals surface area contributed by atoms with Gasteiger partial charge in [0.25, 0.3) is 0 Å². The largest absolute Gasteiger partial charge is 0.474 e. The highest BCUT2D eigenvalue weighted by molar-refractivity contribution is 5.51. The van der Waals surface area contributed by atoms with Crippen molar-refractivity contribution >= 4 is 5.82 Å². The standard InChI is InChI=1S/C16H22N4O2/c1-12-15(17)20(13-6-4-3-5-7-13)18-16(12)22-11-14-10-19(2)8-9-21-14/h3-7,14H,8-11,17H2,1-2H3. The minimum absolute atomic E-state index is 0.0706. The van der Waals surface area contributed by atoms with Crippen molar-refractivity contribution in [1.29, 1.82) is 0 Å². The van der Waals surface area contributed by atoms with E-state index in [1.165, 1.54) is 0 Å². The molecule has 1 aromatic heterocycles. The first-order valence-electron chi connectivity index (χ1n) is 7.48. The molecule has 0 bridgehead atoms. The van der Waals surface area contributed by atoms with Crippen LogP contribution in [0.4, 0.5) is 5.82 Å². The lowest BCUT2D eigenvalue weighted by Gasteiger charge is -2.29. The third-order valence-electron chi connectivity index (χ3n) is 3.87. The number of likely N-dealkylation sites (N-methyl/N-ethyl adjacent to an activating group) is 1. The van der Waals surface area contributed by atoms with E-state index in [1.807, 2.05) is 37.3 Å². The maximum atomic E-state index is 6.15. The molecule has 1 saturated heterocycles. The topological polar surface area (TPSA) is 65.5 Å². The normalized spacial score (nSPS) is 19.3. The average molecular weight is 302 g/mol. The molecule has 3 rings (SSSR count). The molecule has 1 unspecified atom stereocenters. The Kier molecular flexibility index (Phi) is 4.31. The van der Waals surface area contributed by atoms with Crippen LogP contribution >= 0.6 is 0 Å². The van der Waals surface area contributed by atoms with Crippen molar-refractivity contribution in [2.24, 2.45) is 0 Å². The molecular formula is C16H22N4O2. The van der Waals surface area contributed by atoms with Crippen molar-refractivity contribution in [3.05, 3.63) is 35.9 Å². The summed E-state index contributed by atoms with van der Waals surface area (Å²) >= 11 is 0. The summed E-state index contributed by atoms with van der Waals surface area (Å²) in [6.45, 7) is 4.98. The Bertz CT molecular complexity index is 627. The zero-order valence-electron chi connectivity index (χ0n) is 13.0. The van der Waals surface area contributed by atoms with E-state index in [-0.39, 0.29) is 6.10 Å². The summed E-state index contributed by atoms with van der Waals surface area (Å²) in [6.07, 6.45) is 0.0706. The van der Waals surface area contributed by atoms with Gasteiger partial charge in [-0.25, -0.2) is 4.68 Å². The summed E-state index contributed by atoms with van der Waals surface area (Å²) in [6, 6.07) is 9.80. The smallest absolute Gasteiger partial charge is 0.238 e. The van der Waals surface area contributed by atoms with E-state index in [1.54, 1.807) is 4.68 Å². The summed E-state index contributed by atoms with van der Waals surface area (Å²) in [4.78, 5) is 2.24. The van der Waals surface area contributed by atoms with Gasteiger partial charge in [0.15, 0.2) is 0 Å². The predicted molar refractivity (Wildman–Crippen MR) is 85.4 cm³/mol. The van der Waals surface area contributed by atoms with Gasteiger partial charge in [0.05, 0.1) is 17.9 Å². The second-order valence-corrected chi connectivity index (χ2v) is 5.63. The van der Waals surface area contributed by atoms with Gasteiger partial charge in [-0.1, -0.05) is 18.2 Å². The lowest BCUT2D eigenvalue weighted by atomic mass is 10.3. The first-order valence-corrected chi connectivity index (χ1v) is 7.48. The Hall–Kier alpha value is -2.05. The SMILES string of the molecule is Cc1c(OCC2CN(C)CCO2)nn(-c2ccccc2)c1N. The number of aromatic nitrogens is 2. The number of hydrogen-bond acceptors (Lipinski definition) is 5. The maximum absolute atomic E-state index is 6.15. The monoisotopic (exact) mass is 302 g/mol. The van der Waals surface area contributed by atoms with E-state index in [0.717, 1.165) is 30.9 Å². The predicted octanol–water partition coefficient (Wildman–Crippen LogP) is 1.47. The van der Waals surface area contributed by atoms with Gasteiger partial charge >= 0.3 is 0 Å². The van der Waals surface area contributed by atoms with Crippen molar-refractivity contribution in [2.45, 2.75) is 13.0 Å². The number of nitrogen functional groups attached to an aromatic ring is 1. The minimum atomic E-state index is 0.0706. The molecule has 1 aromatic carbocycles. The number of benzene rings is 1. The van der Waals surface area contributed by atoms with Crippen molar-refractivity contribution in [3.8, 4) is 11.6 Å². The molecule has 0 saturated carbocycles. The lowest BCUT2D eigenvalue weighted by molar-refractivity contribution is -0.0411. The van der Waals surface area contributed by atoms with Crippen LogP contribution in [-0.2, 0) is 4.74 Å². The van der Waals surface area contributed by atoms with E-state index < -0.39 is 0 Å². The third kappa shape index (κ3) is 3.08. The van der Waals surface area contributed by atoms with Crippen LogP contribution in [0.3, 0.4) is 0 Å². The summed E-state index contributed by atoms with van der Waals surface area (Å²) in [5.41, 5.74) is 7.92. The summed E-state index contributed by atoms with van der Waals surface area (Å²) in [7, 11) is 2.09. The molecule has 1 fully saturated rings. The molecule has 2 heterocycles. The van der Waals surface area contributed by atoms with Crippen molar-refractivity contribution < 1.29 is 9.47 Å². The quantitative estimate of drug-likeness (QED) is 0.926. The molecule has 0 spiro atoms. The molecule has 2 aromatic rings. The van der Waals surface area contributed by atoms with Gasteiger partial charge in [0.1, 0.15) is 18.5 Å². The molecule has 22 heavy (non-hydrogen) atoms. The van der Waals surface area contributed by atoms with Gasteiger partial charge < -0.3 is 20.1 Å². The van der Waals surface area contributed by atoms with Crippen LogP contribution in [0.15, 0.2) is 30.3 Å². The van der Waals surface area contributed by atoms with Crippen LogP contribution in [0.5, 0.6) is 5.88 Å². The fourth-order valence-electron chi connectivity index (χ4n) is 2.53. The highest BCUT2D eigenvalue weighted by Gasteiger charge is 2.20. The first-order chi connectivity index (χ1) is 10.6. The number of ether oxygens (including phenoxy) is 2. The van der Waals surface area contributed by atoms with E-state index >= 15 is 0 Å². The number of anilines is 1. The van der Waals surface area contributed by atoms with Crippen LogP contribution in [0.1, 0.15) is 5.56 Å². The zero-order valence-corrected chi connectivity index (χ0v) is 13.0. The molecule has 0 radical (unpaired) electrons. The molecule has 6 heteroatoms. The average Bonchev–Trinajstić information content (AvgIpc) is 2.82. The highest BCUT2D eigenvalue weighted by Crippen LogP contribution is 2.25. The fourth-order valence-corrected chi connectivity index (χ4v) is 2.53. The van der Waals surface area contributed by atoms with E-state index in [2.05, 4.69) is 17.0 Å². The van der Waals surface area contributed by atoms with Crippen LogP contribution < -0.4 is 10.5 Å². The van der Waals surface area contributed by atoms with Crippen molar-refractivity contribution in [2.75, 3.05) is 39.1 Å². The zero-order chi connectivity index (χ0) is 15.5. The summed E-state index contributed by atoms with van der Waals surface area (Å²) < 4.78 is 13.2. The van der Waals surface area contributed by atoms with Gasteiger partial charge in [-0.15, -0.1) is 5.10 Å². The molecule has 1 aliphatic heterocycles. The molecule has 1 aliphatic rings. The molecule has 1 atom stereocenters. The van der Waals surface area contributed by atoms with Crippen LogP contribution in [0.25, 0.3) is 5.69 Å². The van der Waals surface area contributed by atoms with E-state index in [9.17, 15) is 0 Å². The Morgan fingerprint density at radius 1 is 1.36 bits per heavy atom. The Balaban J connectivity index is 1.72. The Morgan fingerprint density at radius 3 is 2.86 bits per heavy atom. The van der Waals surface area contributed by atoms with Gasteiger partial charge in [-0.2, -0.15) is 0 Å². The van der Waals surface area contributed by atoms with Gasteiger partial charge in [-0.3, -0.25) is 0 Å². The van der Waals surface area contributed by atoms with Gasteiger partial charge in [0.2, 0.25) is 5.88 Å². The molecule has 2 N–H and O–H groups in total. The van der Waals surface area contributed by atoms with Crippen molar-refractivity contribution in [1.82, 2.24) is 14.7 Å². The number of hydrogen-bond donors (Lipinski definition) is 1. The number of nitrogens with two attached hydrogens (primary N) is 1. The molecular weight excluding hydrogens is 280 g/mol. The molecule has 0 aliphatic carbocycles. The van der Waals surface area contributed by atoms with Crippen molar-refractivity contribution in [3.63, 3.8) is 0 Å². The third-order valence-corrected chi connectivity index (χ3v) is 3.87. The maximum Gasteiger partial charge on any atom is 0.238 e. The minimum Gasteiger partial charge on any atom is -0.474 e. The lowest BCUT2D eigenvalue weighted by Crippen LogP contribution is -2.42. The molecule has 118 valence electrons. The first kappa shape index (κ1) is 14.9. The van der Waals surface area contributed by atoms with Crippen LogP contribution in [0.2, 0.25) is 0 Å². The van der Waals surface area contributed by atoms with Crippen LogP contribution in [0, 0.1) is 6.92 Å². The van der Waals surface area contributed by atoms with Gasteiger partial charge in [-0.05, 0) is 26.1 Å². The number of para-hydroxylation sites is 1. The van der Waals surface area contributed by atoms with Gasteiger partial charge in [0, 0.05) is 13.1 Å². The Morgan fingerprint density at radius 2 is 2.14 bits per heavy atom. The fraction of sp³-hybridized carbons (Fsp3) is 0.438. The second kappa shape index (κ2) is 6.37. The Labute approximate surface area is 130 Å². The number of rotatable bonds is 4. The van der Waals surface area contributed by atoms with E-state index in [4.69, 9.17) is 15.2 Å². The number of nitrogens with zero attached hydrogens (tertiary/aromatic N) is 3. The van der Waals surface area contributed by atoms with E-state index in [0.29, 0.717) is 18.3 Å². The number of morpholine rings is 1. The second-order valence-electron chi connectivity index (χ2n) is 5.63. The summed E-state index contributed by atoms with van der Waals surface area (Å²) in [5, 5.41) is 4.48. The molecule has 6 nitrogen and oxygen atoms in total. The highest BCUT2D eigenvalue weighted by atomic mass is 16.5. The summed E-state index contributed by atoms with van der Waals surface area (Å²) in [5.74, 6) is 1.17. The van der Waals surface area contributed by atoms with Crippen LogP contribution in [-0.4, -0.2) is 54.1 Å².